The molecule has 0 saturated carbocycles. The molecular weight excluding hydrogens is 317 g/mol. The Bertz CT molecular complexity index is 721. The highest BCUT2D eigenvalue weighted by atomic mass is 32.1. The van der Waals surface area contributed by atoms with Crippen molar-refractivity contribution < 1.29 is 14.0 Å². The minimum absolute atomic E-state index is 0.0787. The van der Waals surface area contributed by atoms with Crippen LogP contribution in [0.15, 0.2) is 24.3 Å². The van der Waals surface area contributed by atoms with Crippen molar-refractivity contribution in [1.29, 1.82) is 0 Å². The van der Waals surface area contributed by atoms with Crippen LogP contribution in [-0.4, -0.2) is 23.3 Å². The fourth-order valence-electron chi connectivity index (χ4n) is 2.47. The second-order valence-electron chi connectivity index (χ2n) is 5.31. The van der Waals surface area contributed by atoms with Crippen LogP contribution < -0.4 is 10.6 Å². The number of rotatable bonds is 4. The summed E-state index contributed by atoms with van der Waals surface area (Å²) in [4.78, 5) is 29.4. The number of carbonyl (C=O) groups is 2. The third-order valence-corrected chi connectivity index (χ3v) is 4.69. The largest absolute Gasteiger partial charge is 0.343 e. The first-order valence-corrected chi connectivity index (χ1v) is 8.26. The SMILES string of the molecule is O=C(CNC(=O)c1ccccc1F)Nc1nc2c(s1)CCCC2. The van der Waals surface area contributed by atoms with E-state index in [2.05, 4.69) is 15.6 Å². The van der Waals surface area contributed by atoms with E-state index in [0.29, 0.717) is 5.13 Å². The van der Waals surface area contributed by atoms with Gasteiger partial charge in [-0.1, -0.05) is 12.1 Å². The first kappa shape index (κ1) is 15.6. The molecule has 0 spiro atoms. The third kappa shape index (κ3) is 3.73. The van der Waals surface area contributed by atoms with Gasteiger partial charge in [0.15, 0.2) is 5.13 Å². The molecule has 7 heteroatoms. The summed E-state index contributed by atoms with van der Waals surface area (Å²) >= 11 is 1.48. The van der Waals surface area contributed by atoms with Crippen molar-refractivity contribution in [1.82, 2.24) is 10.3 Å². The van der Waals surface area contributed by atoms with E-state index in [9.17, 15) is 14.0 Å². The van der Waals surface area contributed by atoms with Gasteiger partial charge in [-0.05, 0) is 37.8 Å². The molecule has 2 aromatic rings. The average molecular weight is 333 g/mol. The van der Waals surface area contributed by atoms with E-state index in [1.54, 1.807) is 6.07 Å². The second-order valence-corrected chi connectivity index (χ2v) is 6.39. The molecule has 1 aliphatic rings. The molecule has 0 unspecified atom stereocenters. The van der Waals surface area contributed by atoms with E-state index in [1.165, 1.54) is 34.4 Å². The maximum absolute atomic E-state index is 13.5. The fourth-order valence-corrected chi connectivity index (χ4v) is 3.54. The van der Waals surface area contributed by atoms with E-state index in [0.717, 1.165) is 31.4 Å². The number of halogens is 1. The summed E-state index contributed by atoms with van der Waals surface area (Å²) in [6.07, 6.45) is 4.24. The minimum atomic E-state index is -0.614. The lowest BCUT2D eigenvalue weighted by molar-refractivity contribution is -0.115. The van der Waals surface area contributed by atoms with E-state index >= 15 is 0 Å². The second kappa shape index (κ2) is 6.87. The fraction of sp³-hybridized carbons (Fsp3) is 0.312. The lowest BCUT2D eigenvalue weighted by Gasteiger charge is -2.06. The summed E-state index contributed by atoms with van der Waals surface area (Å²) < 4.78 is 13.5. The van der Waals surface area contributed by atoms with Crippen LogP contribution in [0, 0.1) is 5.82 Å². The van der Waals surface area contributed by atoms with Crippen molar-refractivity contribution in [2.45, 2.75) is 25.7 Å². The lowest BCUT2D eigenvalue weighted by Crippen LogP contribution is -2.33. The number of nitrogens with zero attached hydrogens (tertiary/aromatic N) is 1. The zero-order chi connectivity index (χ0) is 16.2. The molecule has 0 saturated heterocycles. The lowest BCUT2D eigenvalue weighted by atomic mass is 10.0. The van der Waals surface area contributed by atoms with Gasteiger partial charge in [-0.15, -0.1) is 11.3 Å². The van der Waals surface area contributed by atoms with Gasteiger partial charge in [0.25, 0.3) is 5.91 Å². The Morgan fingerprint density at radius 1 is 1.22 bits per heavy atom. The maximum Gasteiger partial charge on any atom is 0.254 e. The number of thiazole rings is 1. The number of hydrogen-bond acceptors (Lipinski definition) is 4. The average Bonchev–Trinajstić information content (AvgIpc) is 2.95. The first-order valence-electron chi connectivity index (χ1n) is 7.44. The van der Waals surface area contributed by atoms with Crippen LogP contribution >= 0.6 is 11.3 Å². The third-order valence-electron chi connectivity index (χ3n) is 3.62. The Morgan fingerprint density at radius 2 is 2.00 bits per heavy atom. The van der Waals surface area contributed by atoms with Crippen LogP contribution in [0.3, 0.4) is 0 Å². The summed E-state index contributed by atoms with van der Waals surface area (Å²) in [5.74, 6) is -1.60. The number of aromatic nitrogens is 1. The van der Waals surface area contributed by atoms with Gasteiger partial charge in [0.05, 0.1) is 17.8 Å². The van der Waals surface area contributed by atoms with Gasteiger partial charge in [-0.25, -0.2) is 9.37 Å². The molecule has 0 radical (unpaired) electrons. The summed E-state index contributed by atoms with van der Waals surface area (Å²) in [7, 11) is 0. The van der Waals surface area contributed by atoms with Crippen molar-refractivity contribution >= 4 is 28.3 Å². The Balaban J connectivity index is 1.54. The number of fused-ring (bicyclic) bond motifs is 1. The Hall–Kier alpha value is -2.28. The molecule has 1 aliphatic carbocycles. The van der Waals surface area contributed by atoms with Crippen LogP contribution in [0.1, 0.15) is 33.8 Å². The normalized spacial score (nSPS) is 13.3. The van der Waals surface area contributed by atoms with Gasteiger partial charge >= 0.3 is 0 Å². The van der Waals surface area contributed by atoms with Crippen LogP contribution in [-0.2, 0) is 17.6 Å². The first-order chi connectivity index (χ1) is 11.1. The quantitative estimate of drug-likeness (QED) is 0.903. The Labute approximate surface area is 136 Å². The number of nitrogens with one attached hydrogen (secondary N) is 2. The number of benzene rings is 1. The number of carbonyl (C=O) groups excluding carboxylic acids is 2. The van der Waals surface area contributed by atoms with E-state index in [-0.39, 0.29) is 18.0 Å². The molecule has 0 bridgehead atoms. The maximum atomic E-state index is 13.5. The molecule has 1 aromatic carbocycles. The van der Waals surface area contributed by atoms with E-state index in [4.69, 9.17) is 0 Å². The van der Waals surface area contributed by atoms with Crippen molar-refractivity contribution in [3.63, 3.8) is 0 Å². The van der Waals surface area contributed by atoms with Crippen LogP contribution in [0.4, 0.5) is 9.52 Å². The number of amides is 2. The molecular formula is C16H16FN3O2S. The molecule has 1 heterocycles. The van der Waals surface area contributed by atoms with Gasteiger partial charge in [0.1, 0.15) is 5.82 Å². The van der Waals surface area contributed by atoms with Crippen molar-refractivity contribution in [3.05, 3.63) is 46.2 Å². The highest BCUT2D eigenvalue weighted by Gasteiger charge is 2.17. The number of aryl methyl sites for hydroxylation is 2. The predicted octanol–water partition coefficient (Wildman–Crippen LogP) is 2.53. The molecule has 2 N–H and O–H groups in total. The monoisotopic (exact) mass is 333 g/mol. The van der Waals surface area contributed by atoms with Crippen LogP contribution in [0.2, 0.25) is 0 Å². The molecule has 0 fully saturated rings. The zero-order valence-electron chi connectivity index (χ0n) is 12.4. The Morgan fingerprint density at radius 3 is 2.78 bits per heavy atom. The number of hydrogen-bond donors (Lipinski definition) is 2. The molecule has 0 aliphatic heterocycles. The van der Waals surface area contributed by atoms with Crippen molar-refractivity contribution in [2.75, 3.05) is 11.9 Å². The molecule has 23 heavy (non-hydrogen) atoms. The van der Waals surface area contributed by atoms with Crippen LogP contribution in [0.5, 0.6) is 0 Å². The van der Waals surface area contributed by atoms with Gasteiger partial charge in [-0.3, -0.25) is 9.59 Å². The standard InChI is InChI=1S/C16H16FN3O2S/c17-11-6-2-1-5-10(11)15(22)18-9-14(21)20-16-19-12-7-3-4-8-13(12)23-16/h1-2,5-6H,3-4,7-9H2,(H,18,22)(H,19,20,21). The molecule has 5 nitrogen and oxygen atoms in total. The topological polar surface area (TPSA) is 71.1 Å². The summed E-state index contributed by atoms with van der Waals surface area (Å²) in [5.41, 5.74) is 0.983. The minimum Gasteiger partial charge on any atom is -0.343 e. The summed E-state index contributed by atoms with van der Waals surface area (Å²) in [6, 6.07) is 5.65. The van der Waals surface area contributed by atoms with Gasteiger partial charge in [-0.2, -0.15) is 0 Å². The highest BCUT2D eigenvalue weighted by molar-refractivity contribution is 7.15. The Kier molecular flexibility index (Phi) is 4.66. The number of anilines is 1. The molecule has 0 atom stereocenters. The molecule has 120 valence electrons. The van der Waals surface area contributed by atoms with E-state index < -0.39 is 11.7 Å². The van der Waals surface area contributed by atoms with Gasteiger partial charge < -0.3 is 10.6 Å². The smallest absolute Gasteiger partial charge is 0.254 e. The summed E-state index contributed by atoms with van der Waals surface area (Å²) in [6.45, 7) is -0.225. The zero-order valence-corrected chi connectivity index (χ0v) is 13.2. The van der Waals surface area contributed by atoms with Crippen LogP contribution in [0.25, 0.3) is 0 Å². The predicted molar refractivity (Wildman–Crippen MR) is 86.1 cm³/mol. The molecule has 1 aromatic heterocycles. The molecule has 2 amide bonds. The molecule has 3 rings (SSSR count). The van der Waals surface area contributed by atoms with Gasteiger partial charge in [0, 0.05) is 4.88 Å². The summed E-state index contributed by atoms with van der Waals surface area (Å²) in [5, 5.41) is 5.65. The van der Waals surface area contributed by atoms with Crippen molar-refractivity contribution in [2.24, 2.45) is 0 Å². The van der Waals surface area contributed by atoms with Crippen molar-refractivity contribution in [3.8, 4) is 0 Å². The van der Waals surface area contributed by atoms with E-state index in [1.807, 2.05) is 0 Å². The highest BCUT2D eigenvalue weighted by Crippen LogP contribution is 2.29. The van der Waals surface area contributed by atoms with Gasteiger partial charge in [0.2, 0.25) is 5.91 Å².